The zero-order chi connectivity index (χ0) is 12.3. The van der Waals surface area contributed by atoms with Crippen LogP contribution >= 0.6 is 11.3 Å². The Balaban J connectivity index is 2.03. The van der Waals surface area contributed by atoms with E-state index in [-0.39, 0.29) is 5.41 Å². The van der Waals surface area contributed by atoms with Crippen LogP contribution in [0.1, 0.15) is 24.4 Å². The number of nitrogens with zero attached hydrogens (tertiary/aromatic N) is 2. The molecule has 0 fully saturated rings. The van der Waals surface area contributed by atoms with E-state index in [4.69, 9.17) is 0 Å². The molecular weight excluding hydrogens is 230 g/mol. The predicted octanol–water partition coefficient (Wildman–Crippen LogP) is 3.24. The molecule has 0 atom stereocenters. The number of rotatable bonds is 4. The standard InChI is InChI=1S/C13H17N3S/c1-10-7-12(16-9-15-10)14-8-13(2,3)11-5-4-6-17-11/h4-7,9H,8H2,1-3H3,(H,14,15,16). The molecule has 0 radical (unpaired) electrons. The zero-order valence-electron chi connectivity index (χ0n) is 10.4. The summed E-state index contributed by atoms with van der Waals surface area (Å²) in [5, 5.41) is 5.49. The number of thiophene rings is 1. The van der Waals surface area contributed by atoms with Gasteiger partial charge in [-0.25, -0.2) is 9.97 Å². The van der Waals surface area contributed by atoms with Crippen LogP contribution in [-0.2, 0) is 5.41 Å². The van der Waals surface area contributed by atoms with Crippen LogP contribution in [0.4, 0.5) is 5.82 Å². The molecule has 0 amide bonds. The van der Waals surface area contributed by atoms with Crippen molar-refractivity contribution in [2.45, 2.75) is 26.2 Å². The van der Waals surface area contributed by atoms with Crippen molar-refractivity contribution in [1.29, 1.82) is 0 Å². The molecule has 4 heteroatoms. The first-order valence-electron chi connectivity index (χ1n) is 5.64. The highest BCUT2D eigenvalue weighted by Gasteiger charge is 2.21. The van der Waals surface area contributed by atoms with Crippen molar-refractivity contribution in [3.05, 3.63) is 40.5 Å². The summed E-state index contributed by atoms with van der Waals surface area (Å²) in [6.07, 6.45) is 1.59. The number of hydrogen-bond acceptors (Lipinski definition) is 4. The van der Waals surface area contributed by atoms with Gasteiger partial charge in [-0.1, -0.05) is 19.9 Å². The third-order valence-corrected chi connectivity index (χ3v) is 3.94. The molecule has 0 saturated carbocycles. The van der Waals surface area contributed by atoms with Gasteiger partial charge >= 0.3 is 0 Å². The fourth-order valence-corrected chi connectivity index (χ4v) is 2.47. The third kappa shape index (κ3) is 3.03. The van der Waals surface area contributed by atoms with Gasteiger partial charge in [-0.2, -0.15) is 0 Å². The van der Waals surface area contributed by atoms with Crippen LogP contribution in [-0.4, -0.2) is 16.5 Å². The number of hydrogen-bond donors (Lipinski definition) is 1. The first kappa shape index (κ1) is 12.0. The third-order valence-electron chi connectivity index (χ3n) is 2.70. The summed E-state index contributed by atoms with van der Waals surface area (Å²) in [5.41, 5.74) is 1.10. The maximum Gasteiger partial charge on any atom is 0.129 e. The first-order chi connectivity index (χ1) is 8.08. The van der Waals surface area contributed by atoms with Crippen molar-refractivity contribution < 1.29 is 0 Å². The quantitative estimate of drug-likeness (QED) is 0.901. The second kappa shape index (κ2) is 4.84. The van der Waals surface area contributed by atoms with Crippen molar-refractivity contribution in [3.8, 4) is 0 Å². The average molecular weight is 247 g/mol. The summed E-state index contributed by atoms with van der Waals surface area (Å²) < 4.78 is 0. The summed E-state index contributed by atoms with van der Waals surface area (Å²) >= 11 is 1.80. The highest BCUT2D eigenvalue weighted by molar-refractivity contribution is 7.10. The van der Waals surface area contributed by atoms with Crippen LogP contribution in [0.15, 0.2) is 29.9 Å². The molecular formula is C13H17N3S. The van der Waals surface area contributed by atoms with E-state index in [2.05, 4.69) is 46.6 Å². The molecule has 2 aromatic heterocycles. The second-order valence-electron chi connectivity index (χ2n) is 4.76. The Hall–Kier alpha value is -1.42. The molecule has 2 aromatic rings. The van der Waals surface area contributed by atoms with Crippen LogP contribution < -0.4 is 5.32 Å². The molecule has 0 aromatic carbocycles. The highest BCUT2D eigenvalue weighted by Crippen LogP contribution is 2.27. The lowest BCUT2D eigenvalue weighted by Crippen LogP contribution is -2.26. The Labute approximate surface area is 106 Å². The fourth-order valence-electron chi connectivity index (χ4n) is 1.61. The zero-order valence-corrected chi connectivity index (χ0v) is 11.2. The second-order valence-corrected chi connectivity index (χ2v) is 5.71. The normalized spacial score (nSPS) is 11.5. The molecule has 90 valence electrons. The van der Waals surface area contributed by atoms with Crippen molar-refractivity contribution in [2.75, 3.05) is 11.9 Å². The Morgan fingerprint density at radius 3 is 2.82 bits per heavy atom. The van der Waals surface area contributed by atoms with E-state index in [1.54, 1.807) is 17.7 Å². The van der Waals surface area contributed by atoms with Gasteiger partial charge in [0.2, 0.25) is 0 Å². The molecule has 0 bridgehead atoms. The van der Waals surface area contributed by atoms with E-state index in [1.165, 1.54) is 4.88 Å². The molecule has 0 aliphatic carbocycles. The van der Waals surface area contributed by atoms with Gasteiger partial charge in [0, 0.05) is 28.6 Å². The fraction of sp³-hybridized carbons (Fsp3) is 0.385. The molecule has 2 heterocycles. The molecule has 0 aliphatic rings. The van der Waals surface area contributed by atoms with Gasteiger partial charge < -0.3 is 5.32 Å². The van der Waals surface area contributed by atoms with Crippen LogP contribution in [0.5, 0.6) is 0 Å². The van der Waals surface area contributed by atoms with E-state index in [1.807, 2.05) is 13.0 Å². The average Bonchev–Trinajstić information content (AvgIpc) is 2.81. The number of nitrogens with one attached hydrogen (secondary N) is 1. The smallest absolute Gasteiger partial charge is 0.129 e. The topological polar surface area (TPSA) is 37.8 Å². The lowest BCUT2D eigenvalue weighted by molar-refractivity contribution is 0.568. The Morgan fingerprint density at radius 1 is 1.35 bits per heavy atom. The molecule has 0 unspecified atom stereocenters. The molecule has 0 aliphatic heterocycles. The Morgan fingerprint density at radius 2 is 2.18 bits per heavy atom. The van der Waals surface area contributed by atoms with Gasteiger partial charge in [-0.15, -0.1) is 11.3 Å². The Kier molecular flexibility index (Phi) is 3.43. The highest BCUT2D eigenvalue weighted by atomic mass is 32.1. The minimum absolute atomic E-state index is 0.118. The molecule has 0 saturated heterocycles. The van der Waals surface area contributed by atoms with Crippen molar-refractivity contribution in [1.82, 2.24) is 9.97 Å². The SMILES string of the molecule is Cc1cc(NCC(C)(C)c2cccs2)ncn1. The molecule has 0 spiro atoms. The molecule has 2 rings (SSSR count). The lowest BCUT2D eigenvalue weighted by atomic mass is 9.91. The predicted molar refractivity (Wildman–Crippen MR) is 72.6 cm³/mol. The van der Waals surface area contributed by atoms with Crippen LogP contribution in [0.25, 0.3) is 0 Å². The summed E-state index contributed by atoms with van der Waals surface area (Å²) in [6, 6.07) is 6.23. The van der Waals surface area contributed by atoms with Gasteiger partial charge in [0.05, 0.1) is 0 Å². The maximum absolute atomic E-state index is 4.21. The number of aryl methyl sites for hydroxylation is 1. The van der Waals surface area contributed by atoms with Gasteiger partial charge in [-0.05, 0) is 18.4 Å². The Bertz CT molecular complexity index is 477. The molecule has 17 heavy (non-hydrogen) atoms. The summed E-state index contributed by atoms with van der Waals surface area (Å²) in [6.45, 7) is 7.31. The summed E-state index contributed by atoms with van der Waals surface area (Å²) in [7, 11) is 0. The van der Waals surface area contributed by atoms with Gasteiger partial charge in [0.25, 0.3) is 0 Å². The van der Waals surface area contributed by atoms with E-state index in [0.29, 0.717) is 0 Å². The number of anilines is 1. The van der Waals surface area contributed by atoms with Crippen molar-refractivity contribution >= 4 is 17.2 Å². The van der Waals surface area contributed by atoms with E-state index in [0.717, 1.165) is 18.1 Å². The van der Waals surface area contributed by atoms with Gasteiger partial charge in [0.1, 0.15) is 12.1 Å². The maximum atomic E-state index is 4.21. The van der Waals surface area contributed by atoms with Gasteiger partial charge in [-0.3, -0.25) is 0 Å². The molecule has 3 nitrogen and oxygen atoms in total. The summed E-state index contributed by atoms with van der Waals surface area (Å²) in [5.74, 6) is 0.891. The lowest BCUT2D eigenvalue weighted by Gasteiger charge is -2.23. The summed E-state index contributed by atoms with van der Waals surface area (Å²) in [4.78, 5) is 9.68. The first-order valence-corrected chi connectivity index (χ1v) is 6.52. The minimum atomic E-state index is 0.118. The number of aromatic nitrogens is 2. The monoisotopic (exact) mass is 247 g/mol. The van der Waals surface area contributed by atoms with E-state index in [9.17, 15) is 0 Å². The minimum Gasteiger partial charge on any atom is -0.369 e. The van der Waals surface area contributed by atoms with Crippen molar-refractivity contribution in [2.24, 2.45) is 0 Å². The van der Waals surface area contributed by atoms with Crippen molar-refractivity contribution in [3.63, 3.8) is 0 Å². The van der Waals surface area contributed by atoms with Gasteiger partial charge in [0.15, 0.2) is 0 Å². The molecule has 1 N–H and O–H groups in total. The largest absolute Gasteiger partial charge is 0.369 e. The van der Waals surface area contributed by atoms with E-state index >= 15 is 0 Å². The van der Waals surface area contributed by atoms with E-state index < -0.39 is 0 Å². The van der Waals surface area contributed by atoms with Crippen LogP contribution in [0, 0.1) is 6.92 Å². The van der Waals surface area contributed by atoms with Crippen LogP contribution in [0.2, 0.25) is 0 Å². The van der Waals surface area contributed by atoms with Crippen LogP contribution in [0.3, 0.4) is 0 Å².